The molecule has 2 aromatic heterocycles. The second-order valence-electron chi connectivity index (χ2n) is 4.73. The monoisotopic (exact) mass is 278 g/mol. The lowest BCUT2D eigenvalue weighted by atomic mass is 10.2. The minimum atomic E-state index is 0.368. The first kappa shape index (κ1) is 14.2. The topological polar surface area (TPSA) is 42.7 Å². The highest BCUT2D eigenvalue weighted by atomic mass is 32.1. The van der Waals surface area contributed by atoms with Crippen molar-refractivity contribution in [3.8, 4) is 10.6 Å². The number of hydrogen-bond acceptors (Lipinski definition) is 4. The molecule has 1 atom stereocenters. The zero-order chi connectivity index (χ0) is 13.8. The van der Waals surface area contributed by atoms with Crippen molar-refractivity contribution < 1.29 is 0 Å². The summed E-state index contributed by atoms with van der Waals surface area (Å²) in [5, 5.41) is 8.90. The molecule has 0 saturated heterocycles. The van der Waals surface area contributed by atoms with Crippen LogP contribution in [-0.4, -0.2) is 21.3 Å². The molecule has 0 aliphatic rings. The van der Waals surface area contributed by atoms with Crippen LogP contribution in [0, 0.1) is 6.92 Å². The minimum absolute atomic E-state index is 0.368. The summed E-state index contributed by atoms with van der Waals surface area (Å²) in [7, 11) is 0. The normalized spacial score (nSPS) is 12.8. The molecular formula is C14H22N4S. The fourth-order valence-electron chi connectivity index (χ4n) is 2.03. The predicted octanol–water partition coefficient (Wildman–Crippen LogP) is 3.40. The standard InChI is InChI=1S/C14H22N4S/c1-5-7-15-10(3)13-11(4)17-14(19-13)12-8-16-18(6-2)9-12/h8-10,15H,5-7H2,1-4H3. The largest absolute Gasteiger partial charge is 0.309 e. The summed E-state index contributed by atoms with van der Waals surface area (Å²) >= 11 is 1.77. The molecule has 0 aliphatic heterocycles. The van der Waals surface area contributed by atoms with E-state index in [2.05, 4.69) is 49.3 Å². The number of aryl methyl sites for hydroxylation is 2. The Morgan fingerprint density at radius 1 is 1.42 bits per heavy atom. The van der Waals surface area contributed by atoms with Gasteiger partial charge in [0.25, 0.3) is 0 Å². The molecule has 19 heavy (non-hydrogen) atoms. The van der Waals surface area contributed by atoms with Crippen LogP contribution in [0.3, 0.4) is 0 Å². The van der Waals surface area contributed by atoms with Gasteiger partial charge < -0.3 is 5.32 Å². The molecule has 2 rings (SSSR count). The summed E-state index contributed by atoms with van der Waals surface area (Å²) in [4.78, 5) is 6.01. The van der Waals surface area contributed by atoms with Crippen LogP contribution in [0.1, 0.15) is 43.8 Å². The van der Waals surface area contributed by atoms with Gasteiger partial charge in [0.2, 0.25) is 0 Å². The summed E-state index contributed by atoms with van der Waals surface area (Å²) in [6, 6.07) is 0.368. The first-order valence-corrected chi connectivity index (χ1v) is 7.70. The van der Waals surface area contributed by atoms with Crippen molar-refractivity contribution in [1.29, 1.82) is 0 Å². The molecule has 0 amide bonds. The van der Waals surface area contributed by atoms with Gasteiger partial charge in [0, 0.05) is 29.2 Å². The minimum Gasteiger partial charge on any atom is -0.309 e. The van der Waals surface area contributed by atoms with E-state index in [1.165, 1.54) is 4.88 Å². The Morgan fingerprint density at radius 2 is 2.21 bits per heavy atom. The van der Waals surface area contributed by atoms with Gasteiger partial charge in [0.05, 0.1) is 11.9 Å². The van der Waals surface area contributed by atoms with Gasteiger partial charge in [-0.1, -0.05) is 6.92 Å². The first-order chi connectivity index (χ1) is 9.15. The molecular weight excluding hydrogens is 256 g/mol. The Hall–Kier alpha value is -1.20. The summed E-state index contributed by atoms with van der Waals surface area (Å²) in [5.41, 5.74) is 2.24. The molecule has 2 heterocycles. The molecule has 0 spiro atoms. The molecule has 104 valence electrons. The quantitative estimate of drug-likeness (QED) is 0.880. The SMILES string of the molecule is CCCNC(C)c1sc(-c2cnn(CC)c2)nc1C. The Morgan fingerprint density at radius 3 is 2.84 bits per heavy atom. The van der Waals surface area contributed by atoms with E-state index in [1.807, 2.05) is 10.9 Å². The van der Waals surface area contributed by atoms with Crippen molar-refractivity contribution in [3.05, 3.63) is 23.0 Å². The Labute approximate surface area is 118 Å². The summed E-state index contributed by atoms with van der Waals surface area (Å²) < 4.78 is 1.94. The van der Waals surface area contributed by atoms with Gasteiger partial charge in [-0.25, -0.2) is 4.98 Å². The third-order valence-corrected chi connectivity index (χ3v) is 4.52. The van der Waals surface area contributed by atoms with Gasteiger partial charge in [-0.3, -0.25) is 4.68 Å². The number of hydrogen-bond donors (Lipinski definition) is 1. The maximum atomic E-state index is 4.68. The molecule has 0 radical (unpaired) electrons. The molecule has 5 heteroatoms. The lowest BCUT2D eigenvalue weighted by Crippen LogP contribution is -2.18. The fraction of sp³-hybridized carbons (Fsp3) is 0.571. The van der Waals surface area contributed by atoms with E-state index in [0.29, 0.717) is 6.04 Å². The number of nitrogens with one attached hydrogen (secondary N) is 1. The molecule has 0 aromatic carbocycles. The van der Waals surface area contributed by atoms with Crippen LogP contribution in [0.5, 0.6) is 0 Å². The smallest absolute Gasteiger partial charge is 0.127 e. The summed E-state index contributed by atoms with van der Waals surface area (Å²) in [5.74, 6) is 0. The van der Waals surface area contributed by atoms with Crippen molar-refractivity contribution in [1.82, 2.24) is 20.1 Å². The molecule has 4 nitrogen and oxygen atoms in total. The third kappa shape index (κ3) is 3.22. The van der Waals surface area contributed by atoms with Crippen LogP contribution in [0.4, 0.5) is 0 Å². The highest BCUT2D eigenvalue weighted by molar-refractivity contribution is 7.15. The van der Waals surface area contributed by atoms with Crippen molar-refractivity contribution in [3.63, 3.8) is 0 Å². The van der Waals surface area contributed by atoms with E-state index in [1.54, 1.807) is 11.3 Å². The van der Waals surface area contributed by atoms with Crippen molar-refractivity contribution in [2.45, 2.75) is 46.7 Å². The molecule has 0 saturated carbocycles. The molecule has 1 unspecified atom stereocenters. The van der Waals surface area contributed by atoms with E-state index in [9.17, 15) is 0 Å². The summed E-state index contributed by atoms with van der Waals surface area (Å²) in [6.45, 7) is 10.5. The second kappa shape index (κ2) is 6.30. The van der Waals surface area contributed by atoms with Crippen LogP contribution in [0.25, 0.3) is 10.6 Å². The van der Waals surface area contributed by atoms with Gasteiger partial charge in [-0.15, -0.1) is 11.3 Å². The van der Waals surface area contributed by atoms with E-state index in [0.717, 1.165) is 35.8 Å². The van der Waals surface area contributed by atoms with Crippen molar-refractivity contribution in [2.75, 3.05) is 6.54 Å². The van der Waals surface area contributed by atoms with Crippen molar-refractivity contribution in [2.24, 2.45) is 0 Å². The van der Waals surface area contributed by atoms with Gasteiger partial charge in [0.1, 0.15) is 5.01 Å². The molecule has 0 bridgehead atoms. The Kier molecular flexibility index (Phi) is 4.71. The lowest BCUT2D eigenvalue weighted by molar-refractivity contribution is 0.575. The molecule has 0 aliphatic carbocycles. The van der Waals surface area contributed by atoms with Crippen LogP contribution in [0.15, 0.2) is 12.4 Å². The van der Waals surface area contributed by atoms with E-state index >= 15 is 0 Å². The zero-order valence-corrected chi connectivity index (χ0v) is 12.9. The van der Waals surface area contributed by atoms with Crippen LogP contribution < -0.4 is 5.32 Å². The molecule has 1 N–H and O–H groups in total. The molecule has 0 fully saturated rings. The van der Waals surface area contributed by atoms with E-state index in [-0.39, 0.29) is 0 Å². The van der Waals surface area contributed by atoms with E-state index in [4.69, 9.17) is 0 Å². The van der Waals surface area contributed by atoms with Crippen LogP contribution >= 0.6 is 11.3 Å². The number of aromatic nitrogens is 3. The van der Waals surface area contributed by atoms with E-state index < -0.39 is 0 Å². The van der Waals surface area contributed by atoms with Crippen LogP contribution in [0.2, 0.25) is 0 Å². The lowest BCUT2D eigenvalue weighted by Gasteiger charge is -2.11. The number of thiazole rings is 1. The fourth-order valence-corrected chi connectivity index (χ4v) is 3.10. The number of rotatable bonds is 6. The maximum Gasteiger partial charge on any atom is 0.127 e. The van der Waals surface area contributed by atoms with Crippen molar-refractivity contribution >= 4 is 11.3 Å². The molecule has 2 aromatic rings. The average Bonchev–Trinajstić information content (AvgIpc) is 3.02. The Bertz CT molecular complexity index is 529. The van der Waals surface area contributed by atoms with Gasteiger partial charge in [-0.2, -0.15) is 5.10 Å². The average molecular weight is 278 g/mol. The first-order valence-electron chi connectivity index (χ1n) is 6.89. The number of nitrogens with zero attached hydrogens (tertiary/aromatic N) is 3. The zero-order valence-electron chi connectivity index (χ0n) is 12.1. The third-order valence-electron chi connectivity index (χ3n) is 3.13. The second-order valence-corrected chi connectivity index (χ2v) is 5.76. The van der Waals surface area contributed by atoms with Gasteiger partial charge in [-0.05, 0) is 33.7 Å². The highest BCUT2D eigenvalue weighted by Gasteiger charge is 2.15. The van der Waals surface area contributed by atoms with Crippen LogP contribution in [-0.2, 0) is 6.54 Å². The predicted molar refractivity (Wildman–Crippen MR) is 80.5 cm³/mol. The van der Waals surface area contributed by atoms with Gasteiger partial charge in [0.15, 0.2) is 0 Å². The van der Waals surface area contributed by atoms with Gasteiger partial charge >= 0.3 is 0 Å². The highest BCUT2D eigenvalue weighted by Crippen LogP contribution is 2.31. The Balaban J connectivity index is 2.20. The summed E-state index contributed by atoms with van der Waals surface area (Å²) in [6.07, 6.45) is 5.11. The maximum absolute atomic E-state index is 4.68.